The van der Waals surface area contributed by atoms with Crippen LogP contribution in [-0.4, -0.2) is 14.2 Å². The van der Waals surface area contributed by atoms with Crippen molar-refractivity contribution in [3.63, 3.8) is 0 Å². The van der Waals surface area contributed by atoms with Crippen molar-refractivity contribution in [2.75, 3.05) is 14.2 Å². The third-order valence-corrected chi connectivity index (χ3v) is 2.89. The van der Waals surface area contributed by atoms with Crippen LogP contribution >= 0.6 is 0 Å². The molecule has 0 N–H and O–H groups in total. The van der Waals surface area contributed by atoms with Gasteiger partial charge in [-0.3, -0.25) is 0 Å². The van der Waals surface area contributed by atoms with Gasteiger partial charge in [0.1, 0.15) is 0 Å². The van der Waals surface area contributed by atoms with Gasteiger partial charge in [-0.2, -0.15) is 11.6 Å². The third kappa shape index (κ3) is 4.06. The molecular weight excluding hydrogens is 231 g/mol. The number of methoxy groups -OCH3 is 2. The first-order valence-electron chi connectivity index (χ1n) is 5.91. The minimum Gasteiger partial charge on any atom is -0.551 e. The fraction of sp³-hybridized carbons (Fsp3) is 0.250. The maximum absolute atomic E-state index is 5.29. The maximum Gasteiger partial charge on any atom is 1.00 e. The van der Waals surface area contributed by atoms with E-state index in [0.717, 1.165) is 17.7 Å². The van der Waals surface area contributed by atoms with Crippen LogP contribution in [0.4, 0.5) is 0 Å². The minimum atomic E-state index is 0. The summed E-state index contributed by atoms with van der Waals surface area (Å²) in [5, 5.41) is 0. The zero-order valence-corrected chi connectivity index (χ0v) is 12.0. The van der Waals surface area contributed by atoms with Crippen LogP contribution in [0.25, 0.3) is 0 Å². The van der Waals surface area contributed by atoms with Crippen molar-refractivity contribution < 1.29 is 28.3 Å². The average Bonchev–Trinajstić information content (AvgIpc) is 2.41. The Morgan fingerprint density at radius 3 is 2.21 bits per heavy atom. The Morgan fingerprint density at radius 2 is 1.63 bits per heavy atom. The molecule has 0 fully saturated rings. The molecule has 3 heteroatoms. The second-order valence-electron chi connectivity index (χ2n) is 4.26. The second-order valence-corrected chi connectivity index (χ2v) is 4.26. The first-order chi connectivity index (χ1) is 8.72. The van der Waals surface area contributed by atoms with E-state index in [-0.39, 0.29) is 18.9 Å². The molecular formula is C16H17LiO2. The largest absolute Gasteiger partial charge is 1.00 e. The molecule has 19 heavy (non-hydrogen) atoms. The standard InChI is InChI=1S/C16H17O2.Li/c1-12-4-6-13(7-5-12)10-14-8-9-15(17-2)16(11-14)18-3;/h4-7,9,11H,10H2,1-3H3;/q-1;+1. The molecule has 0 aliphatic rings. The molecule has 0 saturated heterocycles. The number of aryl methyl sites for hydroxylation is 1. The van der Waals surface area contributed by atoms with Crippen molar-refractivity contribution in [3.05, 3.63) is 59.2 Å². The van der Waals surface area contributed by atoms with Crippen LogP contribution in [0, 0.1) is 13.0 Å². The van der Waals surface area contributed by atoms with Crippen molar-refractivity contribution in [1.29, 1.82) is 0 Å². The summed E-state index contributed by atoms with van der Waals surface area (Å²) in [6, 6.07) is 15.5. The number of hydrogen-bond acceptors (Lipinski definition) is 2. The van der Waals surface area contributed by atoms with Gasteiger partial charge in [-0.1, -0.05) is 29.8 Å². The van der Waals surface area contributed by atoms with Crippen molar-refractivity contribution in [2.45, 2.75) is 13.3 Å². The van der Waals surface area contributed by atoms with E-state index in [0.29, 0.717) is 5.75 Å². The summed E-state index contributed by atoms with van der Waals surface area (Å²) < 4.78 is 10.5. The van der Waals surface area contributed by atoms with E-state index in [1.165, 1.54) is 11.1 Å². The predicted molar refractivity (Wildman–Crippen MR) is 72.4 cm³/mol. The summed E-state index contributed by atoms with van der Waals surface area (Å²) in [6.07, 6.45) is 0.848. The molecule has 0 bridgehead atoms. The van der Waals surface area contributed by atoms with Crippen molar-refractivity contribution in [1.82, 2.24) is 0 Å². The van der Waals surface area contributed by atoms with Gasteiger partial charge in [0.2, 0.25) is 0 Å². The van der Waals surface area contributed by atoms with Crippen LogP contribution in [0.5, 0.6) is 11.5 Å². The molecule has 0 aromatic heterocycles. The first-order valence-corrected chi connectivity index (χ1v) is 5.91. The Bertz CT molecular complexity index is 521. The van der Waals surface area contributed by atoms with E-state index < -0.39 is 0 Å². The molecule has 0 aliphatic carbocycles. The SMILES string of the molecule is COc1c[c-]c(Cc2ccc(C)cc2)cc1OC.[Li+]. The Kier molecular flexibility index (Phi) is 6.01. The zero-order chi connectivity index (χ0) is 13.0. The quantitative estimate of drug-likeness (QED) is 0.576. The summed E-state index contributed by atoms with van der Waals surface area (Å²) in [4.78, 5) is 0. The van der Waals surface area contributed by atoms with E-state index in [2.05, 4.69) is 37.3 Å². The van der Waals surface area contributed by atoms with Gasteiger partial charge in [-0.15, -0.1) is 12.1 Å². The van der Waals surface area contributed by atoms with Crippen molar-refractivity contribution in [3.8, 4) is 11.5 Å². The summed E-state index contributed by atoms with van der Waals surface area (Å²) in [6.45, 7) is 2.09. The predicted octanol–water partition coefficient (Wildman–Crippen LogP) is 0.407. The molecule has 0 radical (unpaired) electrons. The van der Waals surface area contributed by atoms with Gasteiger partial charge in [0, 0.05) is 5.75 Å². The first kappa shape index (κ1) is 15.7. The molecule has 2 aromatic rings. The number of rotatable bonds is 4. The fourth-order valence-electron chi connectivity index (χ4n) is 1.85. The molecule has 0 atom stereocenters. The topological polar surface area (TPSA) is 18.5 Å². The van der Waals surface area contributed by atoms with Crippen molar-refractivity contribution >= 4 is 0 Å². The van der Waals surface area contributed by atoms with E-state index in [9.17, 15) is 0 Å². The second kappa shape index (κ2) is 7.28. The summed E-state index contributed by atoms with van der Waals surface area (Å²) in [7, 11) is 3.28. The summed E-state index contributed by atoms with van der Waals surface area (Å²) in [5.41, 5.74) is 3.63. The van der Waals surface area contributed by atoms with E-state index in [1.807, 2.05) is 12.1 Å². The molecule has 0 spiro atoms. The molecule has 0 heterocycles. The van der Waals surface area contributed by atoms with Crippen LogP contribution < -0.4 is 28.3 Å². The Hall–Kier alpha value is -1.36. The number of benzene rings is 2. The van der Waals surface area contributed by atoms with Gasteiger partial charge in [-0.05, 0) is 18.9 Å². The Morgan fingerprint density at radius 1 is 1.00 bits per heavy atom. The molecule has 2 aromatic carbocycles. The van der Waals surface area contributed by atoms with Crippen LogP contribution in [-0.2, 0) is 6.42 Å². The smallest absolute Gasteiger partial charge is 0.551 e. The Balaban J connectivity index is 0.00000180. The van der Waals surface area contributed by atoms with Gasteiger partial charge in [0.25, 0.3) is 0 Å². The molecule has 94 valence electrons. The Labute approximate surface area is 126 Å². The number of ether oxygens (including phenoxy) is 2. The average molecular weight is 248 g/mol. The number of hydrogen-bond donors (Lipinski definition) is 0. The van der Waals surface area contributed by atoms with Gasteiger partial charge >= 0.3 is 18.9 Å². The molecule has 2 nitrogen and oxygen atoms in total. The summed E-state index contributed by atoms with van der Waals surface area (Å²) in [5.74, 6) is 1.46. The minimum absolute atomic E-state index is 0. The van der Waals surface area contributed by atoms with Crippen LogP contribution in [0.2, 0.25) is 0 Å². The third-order valence-electron chi connectivity index (χ3n) is 2.89. The summed E-state index contributed by atoms with van der Waals surface area (Å²) >= 11 is 0. The molecule has 0 amide bonds. The molecule has 0 unspecified atom stereocenters. The van der Waals surface area contributed by atoms with Crippen LogP contribution in [0.15, 0.2) is 36.4 Å². The van der Waals surface area contributed by atoms with Gasteiger partial charge < -0.3 is 9.47 Å². The van der Waals surface area contributed by atoms with Crippen LogP contribution in [0.3, 0.4) is 0 Å². The maximum atomic E-state index is 5.29. The molecule has 0 saturated carbocycles. The fourth-order valence-corrected chi connectivity index (χ4v) is 1.85. The normalized spacial score (nSPS) is 9.63. The monoisotopic (exact) mass is 248 g/mol. The van der Waals surface area contributed by atoms with Crippen molar-refractivity contribution in [2.24, 2.45) is 0 Å². The van der Waals surface area contributed by atoms with Gasteiger partial charge in [0.05, 0.1) is 20.0 Å². The zero-order valence-electron chi connectivity index (χ0n) is 12.0. The van der Waals surface area contributed by atoms with Gasteiger partial charge in [0.15, 0.2) is 0 Å². The molecule has 2 rings (SSSR count). The van der Waals surface area contributed by atoms with E-state index in [4.69, 9.17) is 9.47 Å². The molecule has 0 aliphatic heterocycles. The van der Waals surface area contributed by atoms with Crippen LogP contribution in [0.1, 0.15) is 16.7 Å². The van der Waals surface area contributed by atoms with E-state index >= 15 is 0 Å². The van der Waals surface area contributed by atoms with E-state index in [1.54, 1.807) is 14.2 Å². The van der Waals surface area contributed by atoms with Gasteiger partial charge in [-0.25, -0.2) is 0 Å².